The van der Waals surface area contributed by atoms with Crippen molar-refractivity contribution in [3.8, 4) is 5.75 Å². The second kappa shape index (κ2) is 8.62. The number of nitrogens with one attached hydrogen (secondary N) is 2. The number of ether oxygens (including phenoxy) is 1. The third-order valence-electron chi connectivity index (χ3n) is 3.72. The van der Waals surface area contributed by atoms with Crippen molar-refractivity contribution in [1.29, 1.82) is 0 Å². The molecular weight excluding hydrogens is 328 g/mol. The van der Waals surface area contributed by atoms with E-state index in [4.69, 9.17) is 4.74 Å². The van der Waals surface area contributed by atoms with Gasteiger partial charge in [-0.1, -0.05) is 24.3 Å². The normalized spacial score (nSPS) is 10.2. The van der Waals surface area contributed by atoms with E-state index in [0.717, 1.165) is 17.0 Å². The van der Waals surface area contributed by atoms with Gasteiger partial charge in [0.25, 0.3) is 5.91 Å². The summed E-state index contributed by atoms with van der Waals surface area (Å²) in [6.07, 6.45) is 1.75. The van der Waals surface area contributed by atoms with Crippen molar-refractivity contribution in [3.05, 3.63) is 83.8 Å². The first-order valence-electron chi connectivity index (χ1n) is 8.29. The zero-order valence-electron chi connectivity index (χ0n) is 14.5. The molecule has 6 nitrogen and oxygen atoms in total. The highest BCUT2D eigenvalue weighted by Crippen LogP contribution is 2.15. The lowest BCUT2D eigenvalue weighted by molar-refractivity contribution is 0.0958. The summed E-state index contributed by atoms with van der Waals surface area (Å²) in [5, 5.41) is 5.78. The molecule has 2 aromatic heterocycles. The number of anilines is 1. The van der Waals surface area contributed by atoms with E-state index in [-0.39, 0.29) is 5.91 Å². The van der Waals surface area contributed by atoms with Gasteiger partial charge in [0.2, 0.25) is 0 Å². The molecule has 0 aliphatic carbocycles. The van der Waals surface area contributed by atoms with Crippen LogP contribution in [-0.2, 0) is 13.2 Å². The maximum Gasteiger partial charge on any atom is 0.269 e. The molecule has 0 aliphatic heterocycles. The van der Waals surface area contributed by atoms with Crippen LogP contribution in [0.2, 0.25) is 0 Å². The highest BCUT2D eigenvalue weighted by Gasteiger charge is 2.05. The summed E-state index contributed by atoms with van der Waals surface area (Å²) in [5.41, 5.74) is 2.36. The number of benzene rings is 1. The van der Waals surface area contributed by atoms with Gasteiger partial charge in [0, 0.05) is 19.8 Å². The number of pyridine rings is 2. The second-order valence-electron chi connectivity index (χ2n) is 5.59. The third-order valence-corrected chi connectivity index (χ3v) is 3.72. The molecule has 0 unspecified atom stereocenters. The summed E-state index contributed by atoms with van der Waals surface area (Å²) in [5.74, 6) is 1.24. The lowest BCUT2D eigenvalue weighted by Crippen LogP contribution is -2.19. The van der Waals surface area contributed by atoms with E-state index in [1.165, 1.54) is 0 Å². The first kappa shape index (κ1) is 17.4. The van der Waals surface area contributed by atoms with Gasteiger partial charge in [-0.25, -0.2) is 4.98 Å². The van der Waals surface area contributed by atoms with E-state index < -0.39 is 0 Å². The zero-order valence-corrected chi connectivity index (χ0v) is 14.5. The van der Waals surface area contributed by atoms with Crippen LogP contribution < -0.4 is 15.4 Å². The van der Waals surface area contributed by atoms with Crippen LogP contribution in [0.1, 0.15) is 21.7 Å². The molecule has 0 saturated carbocycles. The van der Waals surface area contributed by atoms with Crippen molar-refractivity contribution >= 4 is 11.7 Å². The molecule has 0 saturated heterocycles. The number of amides is 1. The molecule has 0 atom stereocenters. The molecule has 2 heterocycles. The lowest BCUT2D eigenvalue weighted by atomic mass is 10.2. The number of hydrogen-bond acceptors (Lipinski definition) is 5. The summed E-state index contributed by atoms with van der Waals surface area (Å²) in [7, 11) is 1.58. The van der Waals surface area contributed by atoms with Gasteiger partial charge in [-0.05, 0) is 42.0 Å². The molecule has 0 radical (unpaired) electrons. The molecule has 0 aliphatic rings. The Morgan fingerprint density at radius 2 is 1.88 bits per heavy atom. The van der Waals surface area contributed by atoms with E-state index in [1.807, 2.05) is 48.5 Å². The minimum Gasteiger partial charge on any atom is -0.487 e. The monoisotopic (exact) mass is 348 g/mol. The zero-order chi connectivity index (χ0) is 18.2. The Morgan fingerprint density at radius 3 is 2.62 bits per heavy atom. The molecule has 3 rings (SSSR count). The molecule has 0 spiro atoms. The van der Waals surface area contributed by atoms with Crippen molar-refractivity contribution in [3.63, 3.8) is 0 Å². The second-order valence-corrected chi connectivity index (χ2v) is 5.59. The van der Waals surface area contributed by atoms with Crippen molar-refractivity contribution in [2.24, 2.45) is 0 Å². The first-order chi connectivity index (χ1) is 12.7. The average Bonchev–Trinajstić information content (AvgIpc) is 2.72. The average molecular weight is 348 g/mol. The van der Waals surface area contributed by atoms with Crippen LogP contribution in [-0.4, -0.2) is 22.9 Å². The Kier molecular flexibility index (Phi) is 5.77. The maximum absolute atomic E-state index is 11.6. The van der Waals surface area contributed by atoms with Gasteiger partial charge in [-0.15, -0.1) is 0 Å². The van der Waals surface area contributed by atoms with E-state index in [0.29, 0.717) is 24.7 Å². The van der Waals surface area contributed by atoms with Crippen LogP contribution in [0.25, 0.3) is 0 Å². The number of aromatic nitrogens is 2. The van der Waals surface area contributed by atoms with Crippen LogP contribution in [0.5, 0.6) is 5.75 Å². The molecule has 1 amide bonds. The van der Waals surface area contributed by atoms with Gasteiger partial charge in [-0.3, -0.25) is 9.78 Å². The van der Waals surface area contributed by atoms with E-state index in [9.17, 15) is 4.79 Å². The smallest absolute Gasteiger partial charge is 0.269 e. The minimum atomic E-state index is -0.206. The lowest BCUT2D eigenvalue weighted by Gasteiger charge is -2.09. The van der Waals surface area contributed by atoms with E-state index in [1.54, 1.807) is 25.4 Å². The van der Waals surface area contributed by atoms with Gasteiger partial charge < -0.3 is 15.4 Å². The Labute approximate surface area is 152 Å². The molecule has 2 N–H and O–H groups in total. The van der Waals surface area contributed by atoms with Gasteiger partial charge in [-0.2, -0.15) is 0 Å². The SMILES string of the molecule is CNC(=O)c1cccc(NCc2ccc(OCc3ccccn3)cc2)n1. The Bertz CT molecular complexity index is 851. The Morgan fingerprint density at radius 1 is 1.04 bits per heavy atom. The standard InChI is InChI=1S/C20H20N4O2/c1-21-20(25)18-6-4-7-19(24-18)23-13-15-8-10-17(11-9-15)26-14-16-5-2-3-12-22-16/h2-12H,13-14H2,1H3,(H,21,25)(H,23,24). The van der Waals surface area contributed by atoms with Crippen molar-refractivity contribution in [2.75, 3.05) is 12.4 Å². The highest BCUT2D eigenvalue weighted by molar-refractivity contribution is 5.92. The number of carbonyl (C=O) groups is 1. The van der Waals surface area contributed by atoms with Gasteiger partial charge >= 0.3 is 0 Å². The Balaban J connectivity index is 1.54. The van der Waals surface area contributed by atoms with Crippen LogP contribution in [0, 0.1) is 0 Å². The predicted molar refractivity (Wildman–Crippen MR) is 100.0 cm³/mol. The topological polar surface area (TPSA) is 76.1 Å². The maximum atomic E-state index is 11.6. The number of hydrogen-bond donors (Lipinski definition) is 2. The van der Waals surface area contributed by atoms with Crippen LogP contribution in [0.3, 0.4) is 0 Å². The molecule has 1 aromatic carbocycles. The van der Waals surface area contributed by atoms with E-state index >= 15 is 0 Å². The number of carbonyl (C=O) groups excluding carboxylic acids is 1. The third kappa shape index (κ3) is 4.80. The summed E-state index contributed by atoms with van der Waals surface area (Å²) in [6.45, 7) is 1.04. The molecule has 3 aromatic rings. The largest absolute Gasteiger partial charge is 0.487 e. The molecule has 26 heavy (non-hydrogen) atoms. The molecular formula is C20H20N4O2. The predicted octanol–water partition coefficient (Wildman–Crippen LogP) is 3.03. The van der Waals surface area contributed by atoms with Crippen molar-refractivity contribution < 1.29 is 9.53 Å². The molecule has 0 fully saturated rings. The first-order valence-corrected chi connectivity index (χ1v) is 8.29. The van der Waals surface area contributed by atoms with Crippen LogP contribution >= 0.6 is 0 Å². The quantitative estimate of drug-likeness (QED) is 0.686. The van der Waals surface area contributed by atoms with Gasteiger partial charge in [0.15, 0.2) is 0 Å². The minimum absolute atomic E-state index is 0.206. The number of rotatable bonds is 7. The molecule has 132 valence electrons. The fourth-order valence-corrected chi connectivity index (χ4v) is 2.32. The summed E-state index contributed by atoms with van der Waals surface area (Å²) >= 11 is 0. The highest BCUT2D eigenvalue weighted by atomic mass is 16.5. The van der Waals surface area contributed by atoms with E-state index in [2.05, 4.69) is 20.6 Å². The fourth-order valence-electron chi connectivity index (χ4n) is 2.32. The summed E-state index contributed by atoms with van der Waals surface area (Å²) < 4.78 is 5.72. The van der Waals surface area contributed by atoms with Crippen molar-refractivity contribution in [2.45, 2.75) is 13.2 Å². The van der Waals surface area contributed by atoms with Gasteiger partial charge in [0.1, 0.15) is 23.9 Å². The molecule has 6 heteroatoms. The summed E-state index contributed by atoms with van der Waals surface area (Å²) in [6, 6.07) is 18.9. The number of nitrogens with zero attached hydrogens (tertiary/aromatic N) is 2. The van der Waals surface area contributed by atoms with Gasteiger partial charge in [0.05, 0.1) is 5.69 Å². The van der Waals surface area contributed by atoms with Crippen LogP contribution in [0.4, 0.5) is 5.82 Å². The molecule has 0 bridgehead atoms. The van der Waals surface area contributed by atoms with Crippen LogP contribution in [0.15, 0.2) is 66.9 Å². The fraction of sp³-hybridized carbons (Fsp3) is 0.150. The summed E-state index contributed by atoms with van der Waals surface area (Å²) in [4.78, 5) is 20.1. The Hall–Kier alpha value is -3.41. The van der Waals surface area contributed by atoms with Crippen molar-refractivity contribution in [1.82, 2.24) is 15.3 Å².